The van der Waals surface area contributed by atoms with Gasteiger partial charge in [0.05, 0.1) is 12.1 Å². The molecule has 0 aliphatic rings. The van der Waals surface area contributed by atoms with Crippen molar-refractivity contribution < 1.29 is 4.74 Å². The van der Waals surface area contributed by atoms with E-state index in [1.54, 1.807) is 25.4 Å². The van der Waals surface area contributed by atoms with Crippen LogP contribution in [0.1, 0.15) is 12.7 Å². The molecule has 0 aliphatic heterocycles. The van der Waals surface area contributed by atoms with E-state index in [-0.39, 0.29) is 0 Å². The molecule has 21 heavy (non-hydrogen) atoms. The number of nitrogens with zero attached hydrogens (tertiary/aromatic N) is 3. The molecular formula is C14H18ClN5O. The Labute approximate surface area is 128 Å². The molecule has 2 aromatic rings. The quantitative estimate of drug-likeness (QED) is 0.657. The normalized spacial score (nSPS) is 11.5. The number of rotatable bonds is 5. The highest BCUT2D eigenvalue weighted by atomic mass is 35.5. The largest absolute Gasteiger partial charge is 0.495 e. The van der Waals surface area contributed by atoms with E-state index in [9.17, 15) is 0 Å². The van der Waals surface area contributed by atoms with Gasteiger partial charge in [-0.25, -0.2) is 9.98 Å². The van der Waals surface area contributed by atoms with Gasteiger partial charge in [0, 0.05) is 24.6 Å². The molecule has 1 aromatic carbocycles. The summed E-state index contributed by atoms with van der Waals surface area (Å²) in [4.78, 5) is 8.51. The number of nitrogens with one attached hydrogen (secondary N) is 1. The average molecular weight is 308 g/mol. The average Bonchev–Trinajstić information content (AvgIpc) is 2.93. The number of hydrogen-bond donors (Lipinski definition) is 2. The van der Waals surface area contributed by atoms with Gasteiger partial charge in [0.15, 0.2) is 5.96 Å². The van der Waals surface area contributed by atoms with Gasteiger partial charge in [-0.3, -0.25) is 0 Å². The maximum absolute atomic E-state index is 6.05. The lowest BCUT2D eigenvalue weighted by atomic mass is 10.3. The van der Waals surface area contributed by atoms with E-state index >= 15 is 0 Å². The van der Waals surface area contributed by atoms with Crippen LogP contribution in [0.2, 0.25) is 5.02 Å². The Morgan fingerprint density at radius 2 is 2.33 bits per heavy atom. The van der Waals surface area contributed by atoms with Gasteiger partial charge in [-0.2, -0.15) is 0 Å². The van der Waals surface area contributed by atoms with E-state index in [1.807, 2.05) is 16.8 Å². The molecular weight excluding hydrogens is 290 g/mol. The summed E-state index contributed by atoms with van der Waals surface area (Å²) in [7, 11) is 1.57. The summed E-state index contributed by atoms with van der Waals surface area (Å²) >= 11 is 6.05. The minimum atomic E-state index is 0.307. The summed E-state index contributed by atoms with van der Waals surface area (Å²) in [6.45, 7) is 3.33. The molecule has 112 valence electrons. The van der Waals surface area contributed by atoms with Crippen LogP contribution in [0.5, 0.6) is 5.75 Å². The maximum atomic E-state index is 6.05. The third-order valence-corrected chi connectivity index (χ3v) is 3.25. The Hall–Kier alpha value is -2.21. The van der Waals surface area contributed by atoms with Crippen LogP contribution >= 0.6 is 11.6 Å². The Kier molecular flexibility index (Phi) is 5.05. The van der Waals surface area contributed by atoms with Crippen molar-refractivity contribution in [1.29, 1.82) is 0 Å². The molecule has 2 rings (SSSR count). The molecule has 0 bridgehead atoms. The first-order valence-corrected chi connectivity index (χ1v) is 6.92. The molecule has 0 radical (unpaired) electrons. The zero-order valence-corrected chi connectivity index (χ0v) is 12.8. The van der Waals surface area contributed by atoms with Crippen LogP contribution < -0.4 is 15.8 Å². The van der Waals surface area contributed by atoms with Gasteiger partial charge in [0.1, 0.15) is 18.1 Å². The highest BCUT2D eigenvalue weighted by Gasteiger charge is 2.03. The second-order valence-corrected chi connectivity index (χ2v) is 4.71. The van der Waals surface area contributed by atoms with Crippen molar-refractivity contribution in [3.63, 3.8) is 0 Å². The second-order valence-electron chi connectivity index (χ2n) is 4.31. The second kappa shape index (κ2) is 6.99. The van der Waals surface area contributed by atoms with Crippen molar-refractivity contribution in [2.75, 3.05) is 12.4 Å². The Bertz CT molecular complexity index is 638. The number of aromatic nitrogens is 2. The lowest BCUT2D eigenvalue weighted by molar-refractivity contribution is 0.415. The third-order valence-electron chi connectivity index (χ3n) is 2.96. The number of imidazole rings is 1. The molecule has 0 amide bonds. The predicted octanol–water partition coefficient (Wildman–Crippen LogP) is 2.49. The fourth-order valence-corrected chi connectivity index (χ4v) is 2.12. The number of guanidine groups is 1. The Balaban J connectivity index is 2.02. The highest BCUT2D eigenvalue weighted by molar-refractivity contribution is 6.32. The summed E-state index contributed by atoms with van der Waals surface area (Å²) in [6.07, 6.45) is 3.67. The molecule has 0 aliphatic carbocycles. The minimum Gasteiger partial charge on any atom is -0.495 e. The molecule has 0 atom stereocenters. The van der Waals surface area contributed by atoms with Crippen molar-refractivity contribution in [2.24, 2.45) is 10.7 Å². The first kappa shape index (κ1) is 15.2. The van der Waals surface area contributed by atoms with Gasteiger partial charge in [-0.1, -0.05) is 11.6 Å². The molecule has 0 unspecified atom stereocenters. The van der Waals surface area contributed by atoms with E-state index in [0.717, 1.165) is 18.1 Å². The summed E-state index contributed by atoms with van der Waals surface area (Å²) < 4.78 is 7.11. The number of anilines is 1. The number of methoxy groups -OCH3 is 1. The van der Waals surface area contributed by atoms with Gasteiger partial charge >= 0.3 is 0 Å². The SMILES string of the molecule is CCn1ccnc1CN=C(N)Nc1ccc(OC)c(Cl)c1. The van der Waals surface area contributed by atoms with Crippen LogP contribution in [-0.4, -0.2) is 22.6 Å². The van der Waals surface area contributed by atoms with Crippen LogP contribution in [0.25, 0.3) is 0 Å². The summed E-state index contributed by atoms with van der Waals surface area (Å²) in [5, 5.41) is 3.50. The zero-order valence-electron chi connectivity index (χ0n) is 12.0. The molecule has 7 heteroatoms. The number of ether oxygens (including phenoxy) is 1. The van der Waals surface area contributed by atoms with Crippen molar-refractivity contribution in [3.8, 4) is 5.75 Å². The molecule has 0 saturated heterocycles. The number of hydrogen-bond acceptors (Lipinski definition) is 3. The fourth-order valence-electron chi connectivity index (χ4n) is 1.87. The number of benzene rings is 1. The first-order chi connectivity index (χ1) is 10.1. The highest BCUT2D eigenvalue weighted by Crippen LogP contribution is 2.26. The van der Waals surface area contributed by atoms with E-state index < -0.39 is 0 Å². The third kappa shape index (κ3) is 3.88. The van der Waals surface area contributed by atoms with Gasteiger partial charge in [0.2, 0.25) is 0 Å². The molecule has 0 fully saturated rings. The van der Waals surface area contributed by atoms with Gasteiger partial charge in [-0.15, -0.1) is 0 Å². The summed E-state index contributed by atoms with van der Waals surface area (Å²) in [5.41, 5.74) is 6.61. The first-order valence-electron chi connectivity index (χ1n) is 6.54. The molecule has 1 aromatic heterocycles. The summed E-state index contributed by atoms with van der Waals surface area (Å²) in [5.74, 6) is 1.79. The van der Waals surface area contributed by atoms with Crippen molar-refractivity contribution >= 4 is 23.2 Å². The van der Waals surface area contributed by atoms with Crippen molar-refractivity contribution in [2.45, 2.75) is 20.0 Å². The van der Waals surface area contributed by atoms with Gasteiger partial charge in [0.25, 0.3) is 0 Å². The topological polar surface area (TPSA) is 77.5 Å². The van der Waals surface area contributed by atoms with E-state index in [0.29, 0.717) is 23.3 Å². The van der Waals surface area contributed by atoms with E-state index in [1.165, 1.54) is 0 Å². The predicted molar refractivity (Wildman–Crippen MR) is 84.9 cm³/mol. The number of aliphatic imine (C=N–C) groups is 1. The lowest BCUT2D eigenvalue weighted by Gasteiger charge is -2.08. The minimum absolute atomic E-state index is 0.307. The zero-order chi connectivity index (χ0) is 15.2. The fraction of sp³-hybridized carbons (Fsp3) is 0.286. The smallest absolute Gasteiger partial charge is 0.193 e. The molecule has 0 saturated carbocycles. The van der Waals surface area contributed by atoms with Crippen LogP contribution in [-0.2, 0) is 13.1 Å². The molecule has 6 nitrogen and oxygen atoms in total. The van der Waals surface area contributed by atoms with E-state index in [2.05, 4.69) is 22.2 Å². The standard InChI is InChI=1S/C14H18ClN5O/c1-3-20-7-6-17-13(20)9-18-14(16)19-10-4-5-12(21-2)11(15)8-10/h4-8H,3,9H2,1-2H3,(H3,16,18,19). The van der Waals surface area contributed by atoms with Crippen LogP contribution in [0.3, 0.4) is 0 Å². The van der Waals surface area contributed by atoms with Gasteiger partial charge < -0.3 is 20.4 Å². The number of halogens is 1. The van der Waals surface area contributed by atoms with Crippen LogP contribution in [0, 0.1) is 0 Å². The van der Waals surface area contributed by atoms with Gasteiger partial charge in [-0.05, 0) is 25.1 Å². The molecule has 3 N–H and O–H groups in total. The monoisotopic (exact) mass is 307 g/mol. The Morgan fingerprint density at radius 1 is 1.52 bits per heavy atom. The molecule has 1 heterocycles. The number of nitrogens with two attached hydrogens (primary N) is 1. The lowest BCUT2D eigenvalue weighted by Crippen LogP contribution is -2.22. The van der Waals surface area contributed by atoms with Crippen LogP contribution in [0.15, 0.2) is 35.6 Å². The number of aryl methyl sites for hydroxylation is 1. The Morgan fingerprint density at radius 3 is 3.00 bits per heavy atom. The molecule has 0 spiro atoms. The van der Waals surface area contributed by atoms with Crippen molar-refractivity contribution in [1.82, 2.24) is 9.55 Å². The summed E-state index contributed by atoms with van der Waals surface area (Å²) in [6, 6.07) is 5.32. The van der Waals surface area contributed by atoms with Crippen molar-refractivity contribution in [3.05, 3.63) is 41.4 Å². The van der Waals surface area contributed by atoms with E-state index in [4.69, 9.17) is 22.1 Å². The maximum Gasteiger partial charge on any atom is 0.193 e. The van der Waals surface area contributed by atoms with Crippen LogP contribution in [0.4, 0.5) is 5.69 Å².